The lowest BCUT2D eigenvalue weighted by atomic mass is 10.1. The predicted molar refractivity (Wildman–Crippen MR) is 144 cm³/mol. The second-order valence-electron chi connectivity index (χ2n) is 9.54. The zero-order valence-corrected chi connectivity index (χ0v) is 23.0. The molecule has 2 aromatic heterocycles. The molecule has 0 spiro atoms. The molecule has 4 aromatic rings. The molecule has 0 bridgehead atoms. The van der Waals surface area contributed by atoms with Crippen LogP contribution >= 0.6 is 11.3 Å². The molecule has 1 N–H and O–H groups in total. The Balaban J connectivity index is 1.37. The van der Waals surface area contributed by atoms with Crippen LogP contribution in [-0.2, 0) is 14.8 Å². The molecule has 37 heavy (non-hydrogen) atoms. The van der Waals surface area contributed by atoms with E-state index in [4.69, 9.17) is 9.72 Å². The molecule has 2 aromatic carbocycles. The summed E-state index contributed by atoms with van der Waals surface area (Å²) in [5.74, 6) is 0.120. The summed E-state index contributed by atoms with van der Waals surface area (Å²) in [6.07, 6.45) is -0.360. The molecule has 1 aliphatic rings. The summed E-state index contributed by atoms with van der Waals surface area (Å²) in [7, 11) is -3.69. The summed E-state index contributed by atoms with van der Waals surface area (Å²) >= 11 is 1.50. The van der Waals surface area contributed by atoms with Gasteiger partial charge in [-0.25, -0.2) is 13.4 Å². The van der Waals surface area contributed by atoms with Gasteiger partial charge in [-0.05, 0) is 82.1 Å². The molecular formula is C26H29N5O4S2. The number of carbonyl (C=O) groups excluding carboxylic acids is 1. The number of benzene rings is 2. The highest BCUT2D eigenvalue weighted by Gasteiger charge is 2.32. The van der Waals surface area contributed by atoms with Crippen LogP contribution in [0.4, 0.5) is 5.82 Å². The van der Waals surface area contributed by atoms with Crippen molar-refractivity contribution in [2.24, 2.45) is 0 Å². The van der Waals surface area contributed by atoms with E-state index in [-0.39, 0.29) is 23.0 Å². The first kappa shape index (κ1) is 25.5. The van der Waals surface area contributed by atoms with Crippen molar-refractivity contribution >= 4 is 43.3 Å². The van der Waals surface area contributed by atoms with Crippen molar-refractivity contribution in [2.75, 3.05) is 18.4 Å². The van der Waals surface area contributed by atoms with E-state index >= 15 is 0 Å². The number of carbonyl (C=O) groups is 1. The minimum absolute atomic E-state index is 0.145. The van der Waals surface area contributed by atoms with Crippen LogP contribution in [0.5, 0.6) is 0 Å². The molecule has 0 aliphatic carbocycles. The van der Waals surface area contributed by atoms with Crippen molar-refractivity contribution in [3.8, 4) is 5.13 Å². The lowest BCUT2D eigenvalue weighted by Gasteiger charge is -2.34. The van der Waals surface area contributed by atoms with Crippen molar-refractivity contribution in [2.45, 2.75) is 51.7 Å². The van der Waals surface area contributed by atoms with E-state index in [0.717, 1.165) is 21.5 Å². The van der Waals surface area contributed by atoms with E-state index in [2.05, 4.69) is 30.3 Å². The highest BCUT2D eigenvalue weighted by Crippen LogP contribution is 2.29. The number of anilines is 1. The van der Waals surface area contributed by atoms with Crippen LogP contribution in [0.15, 0.2) is 47.4 Å². The summed E-state index contributed by atoms with van der Waals surface area (Å²) in [5.41, 5.74) is 4.31. The topological polar surface area (TPSA) is 106 Å². The maximum absolute atomic E-state index is 13.1. The van der Waals surface area contributed by atoms with Crippen molar-refractivity contribution in [3.63, 3.8) is 0 Å². The van der Waals surface area contributed by atoms with Crippen LogP contribution in [0.3, 0.4) is 0 Å². The summed E-state index contributed by atoms with van der Waals surface area (Å²) in [6.45, 7) is 10.3. The van der Waals surface area contributed by atoms with Gasteiger partial charge in [0.25, 0.3) is 5.91 Å². The lowest BCUT2D eigenvalue weighted by molar-refractivity contribution is -0.0440. The largest absolute Gasteiger partial charge is 0.373 e. The highest BCUT2D eigenvalue weighted by atomic mass is 32.2. The van der Waals surface area contributed by atoms with Crippen LogP contribution in [0.2, 0.25) is 0 Å². The number of sulfonamides is 1. The number of ether oxygens (including phenoxy) is 1. The van der Waals surface area contributed by atoms with Gasteiger partial charge in [-0.3, -0.25) is 4.79 Å². The number of thiazole rings is 1. The van der Waals surface area contributed by atoms with Crippen molar-refractivity contribution < 1.29 is 17.9 Å². The maximum atomic E-state index is 13.1. The first-order valence-electron chi connectivity index (χ1n) is 12.0. The number of hydrogen-bond acceptors (Lipinski definition) is 7. The third-order valence-electron chi connectivity index (χ3n) is 6.39. The number of aryl methyl sites for hydroxylation is 3. The highest BCUT2D eigenvalue weighted by molar-refractivity contribution is 7.89. The van der Waals surface area contributed by atoms with Crippen molar-refractivity contribution in [1.29, 1.82) is 0 Å². The van der Waals surface area contributed by atoms with Crippen LogP contribution in [0.25, 0.3) is 15.3 Å². The Morgan fingerprint density at radius 2 is 1.68 bits per heavy atom. The van der Waals surface area contributed by atoms with Gasteiger partial charge in [-0.15, -0.1) is 0 Å². The number of morpholine rings is 1. The molecule has 0 radical (unpaired) electrons. The van der Waals surface area contributed by atoms with Gasteiger partial charge in [-0.1, -0.05) is 11.3 Å². The fraction of sp³-hybridized carbons (Fsp3) is 0.346. The second kappa shape index (κ2) is 9.64. The molecule has 1 fully saturated rings. The second-order valence-corrected chi connectivity index (χ2v) is 12.5. The van der Waals surface area contributed by atoms with E-state index in [1.807, 2.05) is 26.8 Å². The molecule has 2 unspecified atom stereocenters. The number of rotatable bonds is 5. The first-order valence-corrected chi connectivity index (χ1v) is 14.3. The third kappa shape index (κ3) is 5.04. The fourth-order valence-corrected chi connectivity index (χ4v) is 7.04. The van der Waals surface area contributed by atoms with Crippen LogP contribution in [0, 0.1) is 20.8 Å². The SMILES string of the molecule is Cc1cc(NC(=O)c2ccc(S(=O)(=O)N3CC(C)OC(C)C3)cc2)n(-c2nc3cc(C)c(C)cc3s2)n1. The molecule has 9 nitrogen and oxygen atoms in total. The van der Waals surface area contributed by atoms with Gasteiger partial charge in [0.1, 0.15) is 5.82 Å². The van der Waals surface area contributed by atoms with Gasteiger partial charge in [0.05, 0.1) is 33.0 Å². The smallest absolute Gasteiger partial charge is 0.256 e. The van der Waals surface area contributed by atoms with Crippen LogP contribution in [0.1, 0.15) is 41.0 Å². The zero-order chi connectivity index (χ0) is 26.5. The molecule has 1 amide bonds. The standard InChI is InChI=1S/C26H29N5O4S2/c1-15-10-22-23(11-16(15)2)36-26(27-22)31-24(12-17(3)29-31)28-25(32)20-6-8-21(9-7-20)37(33,34)30-13-18(4)35-19(5)14-30/h6-12,18-19H,13-14H2,1-5H3,(H,28,32). The number of nitrogens with one attached hydrogen (secondary N) is 1. The number of amides is 1. The van der Waals surface area contributed by atoms with E-state index in [1.165, 1.54) is 45.5 Å². The van der Waals surface area contributed by atoms with Crippen LogP contribution in [-0.4, -0.2) is 58.7 Å². The normalized spacial score (nSPS) is 18.8. The minimum atomic E-state index is -3.69. The average Bonchev–Trinajstić information content (AvgIpc) is 3.41. The quantitative estimate of drug-likeness (QED) is 0.401. The van der Waals surface area contributed by atoms with Gasteiger partial charge in [0, 0.05) is 24.7 Å². The predicted octanol–water partition coefficient (Wildman–Crippen LogP) is 4.46. The number of nitrogens with zero attached hydrogens (tertiary/aromatic N) is 4. The number of aromatic nitrogens is 3. The number of fused-ring (bicyclic) bond motifs is 1. The Labute approximate surface area is 220 Å². The zero-order valence-electron chi connectivity index (χ0n) is 21.3. The van der Waals surface area contributed by atoms with Crippen LogP contribution < -0.4 is 5.32 Å². The summed E-state index contributed by atoms with van der Waals surface area (Å²) in [5, 5.41) is 8.08. The monoisotopic (exact) mass is 539 g/mol. The van der Waals surface area contributed by atoms with Gasteiger partial charge < -0.3 is 10.1 Å². The molecule has 194 valence electrons. The Morgan fingerprint density at radius 1 is 1.03 bits per heavy atom. The molecule has 3 heterocycles. The lowest BCUT2D eigenvalue weighted by Crippen LogP contribution is -2.48. The van der Waals surface area contributed by atoms with E-state index in [9.17, 15) is 13.2 Å². The van der Waals surface area contributed by atoms with Gasteiger partial charge in [0.15, 0.2) is 0 Å². The molecule has 1 aliphatic heterocycles. The maximum Gasteiger partial charge on any atom is 0.256 e. The Morgan fingerprint density at radius 3 is 2.35 bits per heavy atom. The Kier molecular flexibility index (Phi) is 6.65. The molecule has 2 atom stereocenters. The first-order chi connectivity index (χ1) is 17.5. The van der Waals surface area contributed by atoms with E-state index < -0.39 is 10.0 Å². The van der Waals surface area contributed by atoms with Crippen molar-refractivity contribution in [3.05, 3.63) is 64.8 Å². The summed E-state index contributed by atoms with van der Waals surface area (Å²) in [6, 6.07) is 11.9. The van der Waals surface area contributed by atoms with Gasteiger partial charge in [0.2, 0.25) is 15.2 Å². The minimum Gasteiger partial charge on any atom is -0.373 e. The van der Waals surface area contributed by atoms with Crippen molar-refractivity contribution in [1.82, 2.24) is 19.1 Å². The van der Waals surface area contributed by atoms with Gasteiger partial charge >= 0.3 is 0 Å². The molecule has 0 saturated carbocycles. The third-order valence-corrected chi connectivity index (χ3v) is 9.23. The molecule has 1 saturated heterocycles. The fourth-order valence-electron chi connectivity index (χ4n) is 4.44. The average molecular weight is 540 g/mol. The summed E-state index contributed by atoms with van der Waals surface area (Å²) < 4.78 is 36.0. The van der Waals surface area contributed by atoms with E-state index in [1.54, 1.807) is 10.7 Å². The van der Waals surface area contributed by atoms with E-state index in [0.29, 0.717) is 29.6 Å². The number of hydrogen-bond donors (Lipinski definition) is 1. The Hall–Kier alpha value is -3.12. The molecular weight excluding hydrogens is 510 g/mol. The van der Waals surface area contributed by atoms with Gasteiger partial charge in [-0.2, -0.15) is 14.1 Å². The summed E-state index contributed by atoms with van der Waals surface area (Å²) in [4.78, 5) is 17.9. The molecule has 11 heteroatoms. The Bertz CT molecular complexity index is 1540. The molecule has 5 rings (SSSR count).